The van der Waals surface area contributed by atoms with E-state index in [4.69, 9.17) is 0 Å². The van der Waals surface area contributed by atoms with Gasteiger partial charge in [0.05, 0.1) is 11.4 Å². The summed E-state index contributed by atoms with van der Waals surface area (Å²) in [5, 5.41) is 0. The summed E-state index contributed by atoms with van der Waals surface area (Å²) >= 11 is 0. The van der Waals surface area contributed by atoms with Gasteiger partial charge in [-0.05, 0) is 36.8 Å². The summed E-state index contributed by atoms with van der Waals surface area (Å²) in [6.45, 7) is 1.97. The van der Waals surface area contributed by atoms with E-state index in [0.29, 0.717) is 12.1 Å². The van der Waals surface area contributed by atoms with E-state index in [2.05, 4.69) is 4.72 Å². The second kappa shape index (κ2) is 5.93. The van der Waals surface area contributed by atoms with E-state index in [1.54, 1.807) is 6.07 Å². The van der Waals surface area contributed by atoms with E-state index in [1.165, 1.54) is 0 Å². The highest BCUT2D eigenvalue weighted by Crippen LogP contribution is 2.16. The lowest BCUT2D eigenvalue weighted by molar-refractivity contribution is 0.598. The van der Waals surface area contributed by atoms with Crippen LogP contribution in [0.2, 0.25) is 0 Å². The summed E-state index contributed by atoms with van der Waals surface area (Å²) < 4.78 is 28.2. The minimum atomic E-state index is -3.24. The van der Waals surface area contributed by atoms with Gasteiger partial charge in [-0.1, -0.05) is 19.4 Å². The maximum Gasteiger partial charge on any atom is 0.232 e. The van der Waals surface area contributed by atoms with Crippen molar-refractivity contribution in [2.75, 3.05) is 10.5 Å². The van der Waals surface area contributed by atoms with Crippen LogP contribution in [-0.2, 0) is 10.0 Å². The molecule has 1 aromatic carbocycles. The van der Waals surface area contributed by atoms with Gasteiger partial charge in [0.25, 0.3) is 0 Å². The Bertz CT molecular complexity index is 619. The molecule has 1 aromatic heterocycles. The molecule has 2 aromatic rings. The zero-order valence-electron chi connectivity index (χ0n) is 10.9. The summed E-state index contributed by atoms with van der Waals surface area (Å²) in [5.74, 6) is 0.164. The predicted molar refractivity (Wildman–Crippen MR) is 78.1 cm³/mol. The molecule has 1 N–H and O–H groups in total. The van der Waals surface area contributed by atoms with Crippen molar-refractivity contribution in [1.29, 1.82) is 0 Å². The smallest absolute Gasteiger partial charge is 0.232 e. The molecule has 0 aliphatic heterocycles. The molecule has 19 heavy (non-hydrogen) atoms. The number of anilines is 1. The molecule has 0 saturated carbocycles. The van der Waals surface area contributed by atoms with Crippen LogP contribution in [0.3, 0.4) is 0 Å². The van der Waals surface area contributed by atoms with Crippen molar-refractivity contribution in [3.63, 3.8) is 0 Å². The SMILES string of the molecule is CCCCS(=O)(=O)Nc1cccc(-n2cccc2)c1. The number of aromatic nitrogens is 1. The molecule has 0 bridgehead atoms. The van der Waals surface area contributed by atoms with Gasteiger partial charge < -0.3 is 4.57 Å². The number of sulfonamides is 1. The van der Waals surface area contributed by atoms with E-state index >= 15 is 0 Å². The lowest BCUT2D eigenvalue weighted by Crippen LogP contribution is -2.16. The summed E-state index contributed by atoms with van der Waals surface area (Å²) in [6.07, 6.45) is 5.38. The van der Waals surface area contributed by atoms with Gasteiger partial charge in [-0.3, -0.25) is 4.72 Å². The Morgan fingerprint density at radius 3 is 2.58 bits per heavy atom. The molecule has 4 nitrogen and oxygen atoms in total. The topological polar surface area (TPSA) is 51.1 Å². The number of hydrogen-bond acceptors (Lipinski definition) is 2. The largest absolute Gasteiger partial charge is 0.324 e. The van der Waals surface area contributed by atoms with Crippen molar-refractivity contribution in [3.05, 3.63) is 48.8 Å². The second-order valence-electron chi connectivity index (χ2n) is 4.42. The van der Waals surface area contributed by atoms with Gasteiger partial charge in [0.15, 0.2) is 0 Å². The highest BCUT2D eigenvalue weighted by atomic mass is 32.2. The van der Waals surface area contributed by atoms with Gasteiger partial charge >= 0.3 is 0 Å². The highest BCUT2D eigenvalue weighted by Gasteiger charge is 2.09. The van der Waals surface area contributed by atoms with Crippen LogP contribution < -0.4 is 4.72 Å². The first kappa shape index (κ1) is 13.7. The van der Waals surface area contributed by atoms with Crippen molar-refractivity contribution >= 4 is 15.7 Å². The Hall–Kier alpha value is -1.75. The molecular formula is C14H18N2O2S. The first-order valence-electron chi connectivity index (χ1n) is 6.34. The van der Waals surface area contributed by atoms with Gasteiger partial charge in [0.2, 0.25) is 10.0 Å². The lowest BCUT2D eigenvalue weighted by Gasteiger charge is -2.09. The number of hydrogen-bond donors (Lipinski definition) is 1. The molecule has 0 saturated heterocycles. The van der Waals surface area contributed by atoms with Crippen molar-refractivity contribution in [2.24, 2.45) is 0 Å². The number of nitrogens with zero attached hydrogens (tertiary/aromatic N) is 1. The second-order valence-corrected chi connectivity index (χ2v) is 6.26. The van der Waals surface area contributed by atoms with Gasteiger partial charge in [0.1, 0.15) is 0 Å². The van der Waals surface area contributed by atoms with Crippen molar-refractivity contribution in [2.45, 2.75) is 19.8 Å². The molecule has 0 unspecified atom stereocenters. The molecule has 0 amide bonds. The molecule has 2 rings (SSSR count). The average molecular weight is 278 g/mol. The summed E-state index contributed by atoms with van der Waals surface area (Å²) in [6, 6.07) is 11.2. The van der Waals surface area contributed by atoms with Gasteiger partial charge in [0, 0.05) is 18.1 Å². The van der Waals surface area contributed by atoms with Crippen molar-refractivity contribution in [3.8, 4) is 5.69 Å². The molecular weight excluding hydrogens is 260 g/mol. The third-order valence-corrected chi connectivity index (χ3v) is 4.16. The number of unbranched alkanes of at least 4 members (excludes halogenated alkanes) is 1. The van der Waals surface area contributed by atoms with E-state index in [1.807, 2.05) is 54.2 Å². The zero-order chi connectivity index (χ0) is 13.7. The van der Waals surface area contributed by atoms with Crippen LogP contribution in [0.1, 0.15) is 19.8 Å². The molecule has 0 atom stereocenters. The van der Waals surface area contributed by atoms with E-state index in [0.717, 1.165) is 12.1 Å². The number of nitrogens with one attached hydrogen (secondary N) is 1. The molecule has 0 aliphatic carbocycles. The Morgan fingerprint density at radius 1 is 1.16 bits per heavy atom. The van der Waals surface area contributed by atoms with Gasteiger partial charge in [-0.2, -0.15) is 0 Å². The average Bonchev–Trinajstić information content (AvgIpc) is 2.90. The molecule has 5 heteroatoms. The van der Waals surface area contributed by atoms with E-state index in [9.17, 15) is 8.42 Å². The fraction of sp³-hybridized carbons (Fsp3) is 0.286. The Kier molecular flexibility index (Phi) is 4.27. The van der Waals surface area contributed by atoms with Crippen LogP contribution in [0.5, 0.6) is 0 Å². The minimum absolute atomic E-state index is 0.164. The third kappa shape index (κ3) is 3.86. The van der Waals surface area contributed by atoms with Crippen LogP contribution in [0.4, 0.5) is 5.69 Å². The van der Waals surface area contributed by atoms with E-state index < -0.39 is 10.0 Å². The normalized spacial score (nSPS) is 11.4. The highest BCUT2D eigenvalue weighted by molar-refractivity contribution is 7.92. The van der Waals surface area contributed by atoms with Gasteiger partial charge in [-0.15, -0.1) is 0 Å². The fourth-order valence-electron chi connectivity index (χ4n) is 1.80. The van der Waals surface area contributed by atoms with Gasteiger partial charge in [-0.25, -0.2) is 8.42 Å². The van der Waals surface area contributed by atoms with Crippen LogP contribution in [0.25, 0.3) is 5.69 Å². The Balaban J connectivity index is 2.16. The lowest BCUT2D eigenvalue weighted by atomic mass is 10.3. The van der Waals surface area contributed by atoms with Crippen LogP contribution >= 0.6 is 0 Å². The Labute approximate surface area is 114 Å². The fourth-order valence-corrected chi connectivity index (χ4v) is 3.06. The third-order valence-electron chi connectivity index (χ3n) is 2.79. The zero-order valence-corrected chi connectivity index (χ0v) is 11.7. The molecule has 1 heterocycles. The molecule has 0 fully saturated rings. The maximum atomic E-state index is 11.8. The maximum absolute atomic E-state index is 11.8. The summed E-state index contributed by atoms with van der Waals surface area (Å²) in [5.41, 5.74) is 1.53. The van der Waals surface area contributed by atoms with Crippen LogP contribution in [0, 0.1) is 0 Å². The van der Waals surface area contributed by atoms with Crippen molar-refractivity contribution in [1.82, 2.24) is 4.57 Å². The molecule has 0 radical (unpaired) electrons. The first-order chi connectivity index (χ1) is 9.11. The monoisotopic (exact) mass is 278 g/mol. The predicted octanol–water partition coefficient (Wildman–Crippen LogP) is 3.02. The standard InChI is InChI=1S/C14H18N2O2S/c1-2-3-11-19(17,18)15-13-7-6-8-14(12-13)16-9-4-5-10-16/h4-10,12,15H,2-3,11H2,1H3. The first-order valence-corrected chi connectivity index (χ1v) is 8.00. The van der Waals surface area contributed by atoms with Crippen LogP contribution in [0.15, 0.2) is 48.8 Å². The summed E-state index contributed by atoms with van der Waals surface area (Å²) in [4.78, 5) is 0. The Morgan fingerprint density at radius 2 is 1.89 bits per heavy atom. The quantitative estimate of drug-likeness (QED) is 0.883. The van der Waals surface area contributed by atoms with Crippen LogP contribution in [-0.4, -0.2) is 18.7 Å². The summed E-state index contributed by atoms with van der Waals surface area (Å²) in [7, 11) is -3.24. The number of rotatable bonds is 6. The van der Waals surface area contributed by atoms with Crippen molar-refractivity contribution < 1.29 is 8.42 Å². The van der Waals surface area contributed by atoms with E-state index in [-0.39, 0.29) is 5.75 Å². The molecule has 0 aliphatic rings. The number of benzene rings is 1. The molecule has 0 spiro atoms. The molecule has 102 valence electrons. The minimum Gasteiger partial charge on any atom is -0.324 e.